The Bertz CT molecular complexity index is 1470. The topological polar surface area (TPSA) is 49.9 Å². The Morgan fingerprint density at radius 3 is 2.16 bits per heavy atom. The second kappa shape index (κ2) is 10.6. The fourth-order valence-corrected chi connectivity index (χ4v) is 5.69. The lowest BCUT2D eigenvalue weighted by Gasteiger charge is -2.27. The molecule has 5 rings (SSSR count). The number of halogens is 1. The molecule has 188 valence electrons. The second-order valence-corrected chi connectivity index (χ2v) is 10.8. The van der Waals surface area contributed by atoms with Gasteiger partial charge in [0.1, 0.15) is 18.5 Å². The van der Waals surface area contributed by atoms with E-state index in [-0.39, 0.29) is 23.9 Å². The van der Waals surface area contributed by atoms with Crippen LogP contribution in [0.1, 0.15) is 22.7 Å². The fourth-order valence-electron chi connectivity index (χ4n) is 4.34. The Balaban J connectivity index is 1.60. The standard InChI is InChI=1S/C30H27FN2O3S/c1-23-12-18-29(19-13-23)37(34,35)32(20-24-8-4-2-5-9-24)21-26-22-36-33(28-10-6-3-7-11-28)30(26)25-14-16-27(31)17-15-25/h2-19,21,30H,20,22H2,1H3/b26-21+. The molecule has 1 atom stereocenters. The van der Waals surface area contributed by atoms with Gasteiger partial charge in [-0.3, -0.25) is 9.14 Å². The first-order valence-corrected chi connectivity index (χ1v) is 13.4. The van der Waals surface area contributed by atoms with Gasteiger partial charge >= 0.3 is 0 Å². The maximum Gasteiger partial charge on any atom is 0.264 e. The lowest BCUT2D eigenvalue weighted by atomic mass is 10.00. The number of hydrogen-bond donors (Lipinski definition) is 0. The Morgan fingerprint density at radius 2 is 1.51 bits per heavy atom. The van der Waals surface area contributed by atoms with Crippen molar-refractivity contribution >= 4 is 15.7 Å². The molecule has 1 unspecified atom stereocenters. The van der Waals surface area contributed by atoms with Crippen LogP contribution in [0.15, 0.2) is 126 Å². The summed E-state index contributed by atoms with van der Waals surface area (Å²) in [6.07, 6.45) is 1.67. The third-order valence-electron chi connectivity index (χ3n) is 6.27. The molecule has 0 radical (unpaired) electrons. The SMILES string of the molecule is Cc1ccc(S(=O)(=O)N(/C=C2\CON(c3ccccc3)C2c2ccc(F)cc2)Cc2ccccc2)cc1. The molecular formula is C30H27FN2O3S. The number of hydroxylamine groups is 1. The van der Waals surface area contributed by atoms with Crippen molar-refractivity contribution in [2.45, 2.75) is 24.4 Å². The summed E-state index contributed by atoms with van der Waals surface area (Å²) in [5.41, 5.74) is 4.18. The monoisotopic (exact) mass is 514 g/mol. The Hall–Kier alpha value is -3.94. The molecule has 0 saturated carbocycles. The summed E-state index contributed by atoms with van der Waals surface area (Å²) < 4.78 is 42.8. The molecule has 1 heterocycles. The van der Waals surface area contributed by atoms with Crippen molar-refractivity contribution in [3.63, 3.8) is 0 Å². The van der Waals surface area contributed by atoms with Crippen molar-refractivity contribution in [1.82, 2.24) is 4.31 Å². The molecule has 1 aliphatic rings. The first kappa shape index (κ1) is 24.7. The Morgan fingerprint density at radius 1 is 0.892 bits per heavy atom. The van der Waals surface area contributed by atoms with Crippen LogP contribution >= 0.6 is 0 Å². The van der Waals surface area contributed by atoms with Gasteiger partial charge in [-0.25, -0.2) is 17.9 Å². The summed E-state index contributed by atoms with van der Waals surface area (Å²) in [7, 11) is -3.88. The van der Waals surface area contributed by atoms with E-state index in [1.54, 1.807) is 47.7 Å². The lowest BCUT2D eigenvalue weighted by Crippen LogP contribution is -2.27. The quantitative estimate of drug-likeness (QED) is 0.286. The minimum Gasteiger partial charge on any atom is -0.269 e. The van der Waals surface area contributed by atoms with Crippen LogP contribution < -0.4 is 5.06 Å². The van der Waals surface area contributed by atoms with E-state index in [0.717, 1.165) is 28.0 Å². The smallest absolute Gasteiger partial charge is 0.264 e. The van der Waals surface area contributed by atoms with Gasteiger partial charge in [-0.1, -0.05) is 78.4 Å². The van der Waals surface area contributed by atoms with Crippen molar-refractivity contribution in [3.05, 3.63) is 143 Å². The summed E-state index contributed by atoms with van der Waals surface area (Å²) in [4.78, 5) is 6.30. The van der Waals surface area contributed by atoms with Gasteiger partial charge < -0.3 is 0 Å². The summed E-state index contributed by atoms with van der Waals surface area (Å²) in [6.45, 7) is 2.26. The number of benzene rings is 4. The highest BCUT2D eigenvalue weighted by molar-refractivity contribution is 7.89. The lowest BCUT2D eigenvalue weighted by molar-refractivity contribution is 0.162. The molecule has 4 aromatic carbocycles. The van der Waals surface area contributed by atoms with E-state index in [2.05, 4.69) is 0 Å². The molecule has 4 aromatic rings. The minimum absolute atomic E-state index is 0.155. The van der Waals surface area contributed by atoms with Gasteiger partial charge in [-0.05, 0) is 54.4 Å². The van der Waals surface area contributed by atoms with Gasteiger partial charge in [0.05, 0.1) is 17.1 Å². The number of anilines is 1. The number of para-hydroxylation sites is 1. The Kier molecular flexibility index (Phi) is 7.08. The highest BCUT2D eigenvalue weighted by atomic mass is 32.2. The minimum atomic E-state index is -3.88. The first-order valence-electron chi connectivity index (χ1n) is 12.0. The zero-order valence-corrected chi connectivity index (χ0v) is 21.2. The number of rotatable bonds is 7. The van der Waals surface area contributed by atoms with E-state index in [1.807, 2.05) is 67.6 Å². The van der Waals surface area contributed by atoms with E-state index in [1.165, 1.54) is 16.4 Å². The summed E-state index contributed by atoms with van der Waals surface area (Å²) >= 11 is 0. The van der Waals surface area contributed by atoms with Gasteiger partial charge in [-0.15, -0.1) is 0 Å². The van der Waals surface area contributed by atoms with Crippen LogP contribution in [0.5, 0.6) is 0 Å². The first-order chi connectivity index (χ1) is 17.9. The van der Waals surface area contributed by atoms with Crippen LogP contribution in [0.4, 0.5) is 10.1 Å². The van der Waals surface area contributed by atoms with E-state index in [4.69, 9.17) is 4.84 Å². The average molecular weight is 515 g/mol. The molecule has 0 aromatic heterocycles. The van der Waals surface area contributed by atoms with E-state index in [0.29, 0.717) is 0 Å². The van der Waals surface area contributed by atoms with Gasteiger partial charge in [0, 0.05) is 11.8 Å². The third-order valence-corrected chi connectivity index (χ3v) is 7.99. The van der Waals surface area contributed by atoms with Crippen LogP contribution in [-0.4, -0.2) is 19.3 Å². The Labute approximate surface area is 217 Å². The predicted octanol–water partition coefficient (Wildman–Crippen LogP) is 6.40. The maximum atomic E-state index is 13.9. The molecule has 1 saturated heterocycles. The highest BCUT2D eigenvalue weighted by Crippen LogP contribution is 2.39. The van der Waals surface area contributed by atoms with Gasteiger partial charge in [0.25, 0.3) is 10.0 Å². The highest BCUT2D eigenvalue weighted by Gasteiger charge is 2.34. The van der Waals surface area contributed by atoms with Crippen LogP contribution in [0.2, 0.25) is 0 Å². The van der Waals surface area contributed by atoms with Crippen molar-refractivity contribution in [2.24, 2.45) is 0 Å². The van der Waals surface area contributed by atoms with Crippen LogP contribution in [0.25, 0.3) is 0 Å². The molecule has 0 spiro atoms. The molecule has 0 aliphatic carbocycles. The van der Waals surface area contributed by atoms with Crippen molar-refractivity contribution in [1.29, 1.82) is 0 Å². The molecule has 1 aliphatic heterocycles. The normalized spacial score (nSPS) is 16.8. The van der Waals surface area contributed by atoms with Crippen LogP contribution in [0, 0.1) is 12.7 Å². The molecule has 7 heteroatoms. The van der Waals surface area contributed by atoms with Gasteiger partial charge in [0.15, 0.2) is 0 Å². The van der Waals surface area contributed by atoms with Crippen molar-refractivity contribution in [2.75, 3.05) is 11.7 Å². The molecular weight excluding hydrogens is 487 g/mol. The number of sulfonamides is 1. The zero-order valence-electron chi connectivity index (χ0n) is 20.4. The summed E-state index contributed by atoms with van der Waals surface area (Å²) in [6, 6.07) is 31.6. The molecule has 1 fully saturated rings. The second-order valence-electron chi connectivity index (χ2n) is 8.94. The summed E-state index contributed by atoms with van der Waals surface area (Å²) in [5, 5.41) is 1.75. The largest absolute Gasteiger partial charge is 0.269 e. The van der Waals surface area contributed by atoms with E-state index in [9.17, 15) is 12.8 Å². The van der Waals surface area contributed by atoms with Crippen molar-refractivity contribution < 1.29 is 17.6 Å². The van der Waals surface area contributed by atoms with E-state index >= 15 is 0 Å². The number of aryl methyl sites for hydroxylation is 1. The van der Waals surface area contributed by atoms with Gasteiger partial charge in [-0.2, -0.15) is 0 Å². The molecule has 0 bridgehead atoms. The van der Waals surface area contributed by atoms with Crippen LogP contribution in [0.3, 0.4) is 0 Å². The predicted molar refractivity (Wildman–Crippen MR) is 142 cm³/mol. The average Bonchev–Trinajstić information content (AvgIpc) is 3.34. The zero-order chi connectivity index (χ0) is 25.8. The van der Waals surface area contributed by atoms with Crippen LogP contribution in [-0.2, 0) is 21.4 Å². The fraction of sp³-hybridized carbons (Fsp3) is 0.133. The van der Waals surface area contributed by atoms with E-state index < -0.39 is 16.1 Å². The third kappa shape index (κ3) is 5.43. The van der Waals surface area contributed by atoms with Crippen molar-refractivity contribution in [3.8, 4) is 0 Å². The molecule has 0 amide bonds. The number of nitrogens with zero attached hydrogens (tertiary/aromatic N) is 2. The number of hydrogen-bond acceptors (Lipinski definition) is 4. The molecule has 0 N–H and O–H groups in total. The molecule has 5 nitrogen and oxygen atoms in total. The van der Waals surface area contributed by atoms with Gasteiger partial charge in [0.2, 0.25) is 0 Å². The summed E-state index contributed by atoms with van der Waals surface area (Å²) in [5.74, 6) is -0.341. The molecule has 37 heavy (non-hydrogen) atoms. The maximum absolute atomic E-state index is 13.9.